The maximum atomic E-state index is 13.2. The minimum atomic E-state index is 0.234. The predicted octanol–water partition coefficient (Wildman–Crippen LogP) is 5.12. The zero-order chi connectivity index (χ0) is 15.8. The lowest BCUT2D eigenvalue weighted by molar-refractivity contribution is 0.0618. The number of thiophene rings is 1. The van der Waals surface area contributed by atoms with Crippen LogP contribution in [0, 0.1) is 6.92 Å². The van der Waals surface area contributed by atoms with E-state index in [2.05, 4.69) is 21.3 Å². The van der Waals surface area contributed by atoms with Gasteiger partial charge in [-0.1, -0.05) is 25.3 Å². The van der Waals surface area contributed by atoms with E-state index >= 15 is 0 Å². The van der Waals surface area contributed by atoms with Crippen molar-refractivity contribution in [2.45, 2.75) is 64.0 Å². The van der Waals surface area contributed by atoms with Crippen LogP contribution in [0.3, 0.4) is 0 Å². The summed E-state index contributed by atoms with van der Waals surface area (Å²) in [5, 5.41) is 3.05. The lowest BCUT2D eigenvalue weighted by Gasteiger charge is -2.34. The van der Waals surface area contributed by atoms with Gasteiger partial charge in [0.2, 0.25) is 0 Å². The first-order valence-electron chi connectivity index (χ1n) is 8.58. The normalized spacial score (nSPS) is 19.0. The van der Waals surface area contributed by atoms with Crippen LogP contribution in [0.15, 0.2) is 17.5 Å². The molecule has 0 bridgehead atoms. The van der Waals surface area contributed by atoms with Crippen molar-refractivity contribution >= 4 is 28.6 Å². The molecule has 2 fully saturated rings. The Morgan fingerprint density at radius 2 is 1.91 bits per heavy atom. The van der Waals surface area contributed by atoms with E-state index in [1.165, 1.54) is 44.9 Å². The fourth-order valence-electron chi connectivity index (χ4n) is 3.56. The molecule has 3 nitrogen and oxygen atoms in total. The highest BCUT2D eigenvalue weighted by Gasteiger charge is 2.39. The van der Waals surface area contributed by atoms with Crippen LogP contribution in [-0.4, -0.2) is 27.9 Å². The summed E-state index contributed by atoms with van der Waals surface area (Å²) >= 11 is 3.26. The van der Waals surface area contributed by atoms with Crippen molar-refractivity contribution in [2.75, 3.05) is 0 Å². The van der Waals surface area contributed by atoms with Gasteiger partial charge in [0.15, 0.2) is 0 Å². The molecule has 0 atom stereocenters. The van der Waals surface area contributed by atoms with E-state index in [0.29, 0.717) is 12.1 Å². The average molecular weight is 347 g/mol. The predicted molar refractivity (Wildman–Crippen MR) is 96.2 cm³/mol. The SMILES string of the molecule is Cc1nc(-c2cccs2)sc1C(=O)N(C1CCCCC1)C1CC1. The largest absolute Gasteiger partial charge is 0.332 e. The van der Waals surface area contributed by atoms with Crippen LogP contribution in [0.4, 0.5) is 0 Å². The topological polar surface area (TPSA) is 33.2 Å². The number of amides is 1. The van der Waals surface area contributed by atoms with E-state index in [4.69, 9.17) is 0 Å². The lowest BCUT2D eigenvalue weighted by atomic mass is 9.94. The monoisotopic (exact) mass is 346 g/mol. The van der Waals surface area contributed by atoms with E-state index < -0.39 is 0 Å². The van der Waals surface area contributed by atoms with Crippen molar-refractivity contribution < 1.29 is 4.79 Å². The molecule has 0 spiro atoms. The van der Waals surface area contributed by atoms with Gasteiger partial charge in [-0.25, -0.2) is 4.98 Å². The molecule has 0 saturated heterocycles. The van der Waals surface area contributed by atoms with Crippen LogP contribution >= 0.6 is 22.7 Å². The number of rotatable bonds is 4. The number of carbonyl (C=O) groups is 1. The van der Waals surface area contributed by atoms with Gasteiger partial charge in [-0.3, -0.25) is 4.79 Å². The van der Waals surface area contributed by atoms with Crippen LogP contribution < -0.4 is 0 Å². The smallest absolute Gasteiger partial charge is 0.266 e. The molecule has 2 aromatic rings. The van der Waals surface area contributed by atoms with Gasteiger partial charge in [0, 0.05) is 12.1 Å². The van der Waals surface area contributed by atoms with Gasteiger partial charge in [0.1, 0.15) is 9.88 Å². The summed E-state index contributed by atoms with van der Waals surface area (Å²) in [5.74, 6) is 0.234. The van der Waals surface area contributed by atoms with Crippen molar-refractivity contribution in [3.63, 3.8) is 0 Å². The summed E-state index contributed by atoms with van der Waals surface area (Å²) in [6, 6.07) is 5.06. The molecule has 2 aromatic heterocycles. The third-order valence-electron chi connectivity index (χ3n) is 4.87. The minimum Gasteiger partial charge on any atom is -0.332 e. The zero-order valence-corrected chi connectivity index (χ0v) is 15.1. The Labute approximate surface area is 145 Å². The number of nitrogens with zero attached hydrogens (tertiary/aromatic N) is 2. The summed E-state index contributed by atoms with van der Waals surface area (Å²) in [7, 11) is 0. The summed E-state index contributed by atoms with van der Waals surface area (Å²) < 4.78 is 0. The fraction of sp³-hybridized carbons (Fsp3) is 0.556. The maximum absolute atomic E-state index is 13.2. The summed E-state index contributed by atoms with van der Waals surface area (Å²) in [5.41, 5.74) is 0.893. The number of thiazole rings is 1. The Morgan fingerprint density at radius 3 is 2.57 bits per heavy atom. The standard InChI is InChI=1S/C18H22N2OS2/c1-12-16(23-17(19-12)15-8-5-11-22-15)18(21)20(14-9-10-14)13-6-3-2-4-7-13/h5,8,11,13-14H,2-4,6-7,9-10H2,1H3. The molecule has 1 amide bonds. The zero-order valence-electron chi connectivity index (χ0n) is 13.5. The Balaban J connectivity index is 1.61. The second kappa shape index (κ2) is 6.36. The molecule has 2 aliphatic carbocycles. The number of aromatic nitrogens is 1. The summed E-state index contributed by atoms with van der Waals surface area (Å²) in [6.07, 6.45) is 8.57. The minimum absolute atomic E-state index is 0.234. The van der Waals surface area contributed by atoms with Gasteiger partial charge in [-0.05, 0) is 44.1 Å². The highest BCUT2D eigenvalue weighted by atomic mass is 32.1. The lowest BCUT2D eigenvalue weighted by Crippen LogP contribution is -2.43. The summed E-state index contributed by atoms with van der Waals surface area (Å²) in [6.45, 7) is 1.98. The van der Waals surface area contributed by atoms with Crippen molar-refractivity contribution in [2.24, 2.45) is 0 Å². The van der Waals surface area contributed by atoms with Crippen molar-refractivity contribution in [3.05, 3.63) is 28.1 Å². The molecule has 0 unspecified atom stereocenters. The number of aryl methyl sites for hydroxylation is 1. The van der Waals surface area contributed by atoms with Crippen LogP contribution in [0.2, 0.25) is 0 Å². The number of carbonyl (C=O) groups excluding carboxylic acids is 1. The Bertz CT molecular complexity index is 682. The van der Waals surface area contributed by atoms with Crippen LogP contribution in [-0.2, 0) is 0 Å². The third-order valence-corrected chi connectivity index (χ3v) is 7.05. The fourth-order valence-corrected chi connectivity index (χ4v) is 5.37. The number of hydrogen-bond acceptors (Lipinski definition) is 4. The molecule has 2 heterocycles. The van der Waals surface area contributed by atoms with Crippen LogP contribution in [0.25, 0.3) is 9.88 Å². The summed E-state index contributed by atoms with van der Waals surface area (Å²) in [4.78, 5) is 22.1. The molecule has 0 aliphatic heterocycles. The van der Waals surface area contributed by atoms with E-state index in [9.17, 15) is 4.79 Å². The molecule has 122 valence electrons. The first kappa shape index (κ1) is 15.3. The van der Waals surface area contributed by atoms with E-state index in [1.807, 2.05) is 13.0 Å². The first-order valence-corrected chi connectivity index (χ1v) is 10.3. The van der Waals surface area contributed by atoms with Crippen LogP contribution in [0.1, 0.15) is 60.3 Å². The molecule has 23 heavy (non-hydrogen) atoms. The van der Waals surface area contributed by atoms with Gasteiger partial charge < -0.3 is 4.90 Å². The Kier molecular flexibility index (Phi) is 4.24. The van der Waals surface area contributed by atoms with Crippen molar-refractivity contribution in [1.82, 2.24) is 9.88 Å². The Hall–Kier alpha value is -1.20. The second-order valence-electron chi connectivity index (χ2n) is 6.65. The van der Waals surface area contributed by atoms with Crippen molar-refractivity contribution in [3.8, 4) is 9.88 Å². The third kappa shape index (κ3) is 3.09. The molecular formula is C18H22N2OS2. The van der Waals surface area contributed by atoms with Gasteiger partial charge in [-0.2, -0.15) is 0 Å². The second-order valence-corrected chi connectivity index (χ2v) is 8.59. The van der Waals surface area contributed by atoms with E-state index in [0.717, 1.165) is 20.5 Å². The average Bonchev–Trinajstić information content (AvgIpc) is 3.10. The van der Waals surface area contributed by atoms with Gasteiger partial charge in [0.25, 0.3) is 5.91 Å². The highest BCUT2D eigenvalue weighted by Crippen LogP contribution is 2.38. The van der Waals surface area contributed by atoms with Crippen LogP contribution in [0.5, 0.6) is 0 Å². The molecule has 2 aliphatic rings. The van der Waals surface area contributed by atoms with Gasteiger partial charge in [-0.15, -0.1) is 22.7 Å². The van der Waals surface area contributed by atoms with E-state index in [-0.39, 0.29) is 5.91 Å². The Morgan fingerprint density at radius 1 is 1.17 bits per heavy atom. The molecule has 4 rings (SSSR count). The highest BCUT2D eigenvalue weighted by molar-refractivity contribution is 7.22. The molecule has 2 saturated carbocycles. The molecular weight excluding hydrogens is 324 g/mol. The van der Waals surface area contributed by atoms with Crippen molar-refractivity contribution in [1.29, 1.82) is 0 Å². The molecule has 0 aromatic carbocycles. The van der Waals surface area contributed by atoms with Gasteiger partial charge in [0.05, 0.1) is 10.6 Å². The van der Waals surface area contributed by atoms with Gasteiger partial charge >= 0.3 is 0 Å². The maximum Gasteiger partial charge on any atom is 0.266 e. The molecule has 0 N–H and O–H groups in total. The molecule has 0 radical (unpaired) electrons. The number of hydrogen-bond donors (Lipinski definition) is 0. The van der Waals surface area contributed by atoms with E-state index in [1.54, 1.807) is 22.7 Å². The molecule has 5 heteroatoms. The quantitative estimate of drug-likeness (QED) is 0.770. The first-order chi connectivity index (χ1) is 11.2.